The standard InChI is InChI=1S/C27H29Cl2N3O4S/c1-4-20-10-13-22(14-11-20)32(37(35,36)23-8-6-5-7-9-23)18-26(33)31(19(2)27(34)30-3)17-21-12-15-24(28)25(29)16-21/h5-16,19H,4,17-18H2,1-3H3,(H,30,34)/t19-/m1/s1. The van der Waals surface area contributed by atoms with Crippen LogP contribution in [0.4, 0.5) is 5.69 Å². The lowest BCUT2D eigenvalue weighted by molar-refractivity contribution is -0.139. The Morgan fingerprint density at radius 1 is 0.919 bits per heavy atom. The zero-order valence-electron chi connectivity index (χ0n) is 20.8. The van der Waals surface area contributed by atoms with Crippen LogP contribution >= 0.6 is 23.2 Å². The van der Waals surface area contributed by atoms with Crippen LogP contribution in [0.25, 0.3) is 0 Å². The molecule has 0 unspecified atom stereocenters. The third kappa shape index (κ3) is 6.83. The van der Waals surface area contributed by atoms with E-state index in [1.165, 1.54) is 24.1 Å². The molecule has 10 heteroatoms. The van der Waals surface area contributed by atoms with Crippen LogP contribution in [-0.4, -0.2) is 44.8 Å². The van der Waals surface area contributed by atoms with E-state index in [-0.39, 0.29) is 11.4 Å². The summed E-state index contributed by atoms with van der Waals surface area (Å²) < 4.78 is 28.5. The van der Waals surface area contributed by atoms with Crippen LogP contribution in [0.5, 0.6) is 0 Å². The highest BCUT2D eigenvalue weighted by molar-refractivity contribution is 7.92. The molecular formula is C27H29Cl2N3O4S. The highest BCUT2D eigenvalue weighted by Crippen LogP contribution is 2.26. The molecule has 3 aromatic carbocycles. The van der Waals surface area contributed by atoms with Gasteiger partial charge in [-0.15, -0.1) is 0 Å². The van der Waals surface area contributed by atoms with E-state index in [1.54, 1.807) is 55.5 Å². The zero-order chi connectivity index (χ0) is 27.2. The van der Waals surface area contributed by atoms with Gasteiger partial charge in [0.1, 0.15) is 12.6 Å². The second kappa shape index (κ2) is 12.4. The summed E-state index contributed by atoms with van der Waals surface area (Å²) in [6.45, 7) is 3.10. The van der Waals surface area contributed by atoms with Gasteiger partial charge in [0.05, 0.1) is 20.6 Å². The quantitative estimate of drug-likeness (QED) is 0.380. The highest BCUT2D eigenvalue weighted by Gasteiger charge is 2.32. The minimum absolute atomic E-state index is 0.0261. The van der Waals surface area contributed by atoms with Gasteiger partial charge in [0.25, 0.3) is 10.0 Å². The summed E-state index contributed by atoms with van der Waals surface area (Å²) in [6, 6.07) is 19.0. The van der Waals surface area contributed by atoms with E-state index in [0.717, 1.165) is 16.3 Å². The van der Waals surface area contributed by atoms with Crippen LogP contribution < -0.4 is 9.62 Å². The minimum Gasteiger partial charge on any atom is -0.357 e. The van der Waals surface area contributed by atoms with Crippen molar-refractivity contribution in [1.82, 2.24) is 10.2 Å². The number of hydrogen-bond donors (Lipinski definition) is 1. The van der Waals surface area contributed by atoms with Crippen molar-refractivity contribution in [2.75, 3.05) is 17.9 Å². The number of likely N-dealkylation sites (N-methyl/N-ethyl adjacent to an activating group) is 1. The van der Waals surface area contributed by atoms with Gasteiger partial charge in [-0.05, 0) is 60.9 Å². The monoisotopic (exact) mass is 561 g/mol. The number of carbonyl (C=O) groups excluding carboxylic acids is 2. The van der Waals surface area contributed by atoms with Crippen LogP contribution in [0, 0.1) is 0 Å². The maximum absolute atomic E-state index is 13.7. The molecular weight excluding hydrogens is 533 g/mol. The Hall–Kier alpha value is -3.07. The lowest BCUT2D eigenvalue weighted by Crippen LogP contribution is -2.50. The third-order valence-electron chi connectivity index (χ3n) is 5.99. The highest BCUT2D eigenvalue weighted by atomic mass is 35.5. The molecule has 7 nitrogen and oxygen atoms in total. The molecule has 0 saturated heterocycles. The lowest BCUT2D eigenvalue weighted by atomic mass is 10.1. The Kier molecular flexibility index (Phi) is 9.59. The molecule has 0 spiro atoms. The molecule has 0 aromatic heterocycles. The Balaban J connectivity index is 2.03. The van der Waals surface area contributed by atoms with Crippen LogP contribution in [0.3, 0.4) is 0 Å². The number of rotatable bonds is 10. The van der Waals surface area contributed by atoms with Crippen molar-refractivity contribution in [2.24, 2.45) is 0 Å². The largest absolute Gasteiger partial charge is 0.357 e. The van der Waals surface area contributed by atoms with Crippen LogP contribution in [0.2, 0.25) is 10.0 Å². The fourth-order valence-electron chi connectivity index (χ4n) is 3.77. The summed E-state index contributed by atoms with van der Waals surface area (Å²) in [6.07, 6.45) is 0.783. The van der Waals surface area contributed by atoms with Crippen molar-refractivity contribution in [3.8, 4) is 0 Å². The first-order valence-corrected chi connectivity index (χ1v) is 13.9. The number of halogens is 2. The van der Waals surface area contributed by atoms with E-state index < -0.39 is 34.4 Å². The first-order valence-electron chi connectivity index (χ1n) is 11.7. The number of amides is 2. The average Bonchev–Trinajstić information content (AvgIpc) is 2.91. The molecule has 0 heterocycles. The minimum atomic E-state index is -4.09. The predicted octanol–water partition coefficient (Wildman–Crippen LogP) is 4.91. The van der Waals surface area contributed by atoms with Crippen molar-refractivity contribution in [1.29, 1.82) is 0 Å². The number of nitrogens with one attached hydrogen (secondary N) is 1. The fourth-order valence-corrected chi connectivity index (χ4v) is 5.53. The predicted molar refractivity (Wildman–Crippen MR) is 147 cm³/mol. The van der Waals surface area contributed by atoms with E-state index in [4.69, 9.17) is 23.2 Å². The van der Waals surface area contributed by atoms with Gasteiger partial charge >= 0.3 is 0 Å². The molecule has 0 radical (unpaired) electrons. The van der Waals surface area contributed by atoms with Gasteiger partial charge in [-0.2, -0.15) is 0 Å². The molecule has 3 rings (SSSR count). The van der Waals surface area contributed by atoms with E-state index in [0.29, 0.717) is 21.3 Å². The second-order valence-corrected chi connectivity index (χ2v) is 11.1. The van der Waals surface area contributed by atoms with Gasteiger partial charge in [0.2, 0.25) is 11.8 Å². The normalized spacial score (nSPS) is 12.0. The average molecular weight is 563 g/mol. The molecule has 0 aliphatic heterocycles. The van der Waals surface area contributed by atoms with Gasteiger partial charge in [0.15, 0.2) is 0 Å². The first-order chi connectivity index (χ1) is 17.6. The van der Waals surface area contributed by atoms with E-state index >= 15 is 0 Å². The smallest absolute Gasteiger partial charge is 0.264 e. The zero-order valence-corrected chi connectivity index (χ0v) is 23.1. The fraction of sp³-hybridized carbons (Fsp3) is 0.259. The van der Waals surface area contributed by atoms with Crippen molar-refractivity contribution in [2.45, 2.75) is 37.8 Å². The summed E-state index contributed by atoms with van der Waals surface area (Å²) in [7, 11) is -2.62. The van der Waals surface area contributed by atoms with Gasteiger partial charge < -0.3 is 10.2 Å². The Bertz CT molecular complexity index is 1350. The molecule has 1 N–H and O–H groups in total. The molecule has 3 aromatic rings. The molecule has 0 bridgehead atoms. The Morgan fingerprint density at radius 2 is 1.54 bits per heavy atom. The molecule has 0 aliphatic carbocycles. The molecule has 37 heavy (non-hydrogen) atoms. The number of hydrogen-bond acceptors (Lipinski definition) is 4. The number of aryl methyl sites for hydroxylation is 1. The van der Waals surface area contributed by atoms with E-state index in [1.807, 2.05) is 19.1 Å². The molecule has 0 saturated carbocycles. The summed E-state index contributed by atoms with van der Waals surface area (Å²) in [5.41, 5.74) is 2.02. The van der Waals surface area contributed by atoms with E-state index in [9.17, 15) is 18.0 Å². The Labute approximate surface area is 228 Å². The SMILES string of the molecule is CCc1ccc(N(CC(=O)N(Cc2ccc(Cl)c(Cl)c2)[C@H](C)C(=O)NC)S(=O)(=O)c2ccccc2)cc1. The van der Waals surface area contributed by atoms with Crippen LogP contribution in [-0.2, 0) is 32.6 Å². The van der Waals surface area contributed by atoms with Crippen LogP contribution in [0.1, 0.15) is 25.0 Å². The molecule has 196 valence electrons. The van der Waals surface area contributed by atoms with Crippen molar-refractivity contribution >= 4 is 50.7 Å². The first kappa shape index (κ1) is 28.5. The molecule has 1 atom stereocenters. The maximum Gasteiger partial charge on any atom is 0.264 e. The second-order valence-electron chi connectivity index (χ2n) is 8.41. The van der Waals surface area contributed by atoms with Crippen molar-refractivity contribution in [3.63, 3.8) is 0 Å². The summed E-state index contributed by atoms with van der Waals surface area (Å²) in [4.78, 5) is 27.6. The number of carbonyl (C=O) groups is 2. The van der Waals surface area contributed by atoms with Crippen molar-refractivity contribution < 1.29 is 18.0 Å². The van der Waals surface area contributed by atoms with Gasteiger partial charge in [-0.25, -0.2) is 8.42 Å². The number of benzene rings is 3. The van der Waals surface area contributed by atoms with Crippen LogP contribution in [0.15, 0.2) is 77.7 Å². The van der Waals surface area contributed by atoms with Gasteiger partial charge in [0, 0.05) is 13.6 Å². The van der Waals surface area contributed by atoms with Crippen molar-refractivity contribution in [3.05, 3.63) is 94.0 Å². The maximum atomic E-state index is 13.7. The number of anilines is 1. The summed E-state index contributed by atoms with van der Waals surface area (Å²) in [5.74, 6) is -0.945. The molecule has 2 amide bonds. The Morgan fingerprint density at radius 3 is 2.11 bits per heavy atom. The summed E-state index contributed by atoms with van der Waals surface area (Å²) >= 11 is 12.2. The molecule has 0 fully saturated rings. The van der Waals surface area contributed by atoms with Gasteiger partial charge in [-0.1, -0.05) is 66.5 Å². The topological polar surface area (TPSA) is 86.8 Å². The summed E-state index contributed by atoms with van der Waals surface area (Å²) in [5, 5.41) is 3.22. The third-order valence-corrected chi connectivity index (χ3v) is 8.52. The van der Waals surface area contributed by atoms with E-state index in [2.05, 4.69) is 5.32 Å². The number of nitrogens with zero attached hydrogens (tertiary/aromatic N) is 2. The lowest BCUT2D eigenvalue weighted by Gasteiger charge is -2.32. The van der Waals surface area contributed by atoms with Gasteiger partial charge in [-0.3, -0.25) is 13.9 Å². The number of sulfonamides is 1. The molecule has 0 aliphatic rings.